The summed E-state index contributed by atoms with van der Waals surface area (Å²) < 4.78 is 5.54. The number of guanidine groups is 1. The number of piperidine rings is 1. The fraction of sp³-hybridized carbons (Fsp3) is 0.737. The lowest BCUT2D eigenvalue weighted by atomic mass is 10.1. The molecule has 3 heterocycles. The molecule has 2 aliphatic rings. The summed E-state index contributed by atoms with van der Waals surface area (Å²) in [7, 11) is 1.86. The average molecular weight is 507 g/mol. The third-order valence-corrected chi connectivity index (χ3v) is 6.36. The summed E-state index contributed by atoms with van der Waals surface area (Å²) in [5.74, 6) is 0.923. The van der Waals surface area contributed by atoms with Crippen LogP contribution in [-0.2, 0) is 4.74 Å². The molecule has 6 nitrogen and oxygen atoms in total. The van der Waals surface area contributed by atoms with Crippen molar-refractivity contribution in [1.82, 2.24) is 15.5 Å². The Kier molecular flexibility index (Phi) is 9.61. The van der Waals surface area contributed by atoms with Crippen LogP contribution in [0.5, 0.6) is 0 Å². The molecular weight excluding hydrogens is 473 g/mol. The summed E-state index contributed by atoms with van der Waals surface area (Å²) in [6, 6.07) is 5.79. The van der Waals surface area contributed by atoms with Crippen LogP contribution in [0.25, 0.3) is 0 Å². The van der Waals surface area contributed by atoms with Crippen molar-refractivity contribution < 1.29 is 4.74 Å². The summed E-state index contributed by atoms with van der Waals surface area (Å²) >= 11 is 1.83. The molecule has 3 rings (SSSR count). The number of nitrogens with zero attached hydrogens (tertiary/aromatic N) is 3. The van der Waals surface area contributed by atoms with Crippen LogP contribution >= 0.6 is 35.3 Å². The smallest absolute Gasteiger partial charge is 0.191 e. The van der Waals surface area contributed by atoms with Gasteiger partial charge in [-0.15, -0.1) is 35.3 Å². The number of hydrogen-bond acceptors (Lipinski definition) is 5. The number of morpholine rings is 1. The lowest BCUT2D eigenvalue weighted by molar-refractivity contribution is -0.0174. The van der Waals surface area contributed by atoms with E-state index in [1.165, 1.54) is 5.00 Å². The number of halogens is 1. The van der Waals surface area contributed by atoms with Gasteiger partial charge < -0.3 is 20.3 Å². The van der Waals surface area contributed by atoms with Gasteiger partial charge in [-0.2, -0.15) is 0 Å². The van der Waals surface area contributed by atoms with Gasteiger partial charge in [0, 0.05) is 51.4 Å². The highest BCUT2D eigenvalue weighted by molar-refractivity contribution is 14.0. The number of anilines is 1. The monoisotopic (exact) mass is 507 g/mol. The highest BCUT2D eigenvalue weighted by Gasteiger charge is 2.24. The van der Waals surface area contributed by atoms with Crippen LogP contribution < -0.4 is 15.5 Å². The van der Waals surface area contributed by atoms with Crippen molar-refractivity contribution in [2.24, 2.45) is 4.99 Å². The molecule has 0 amide bonds. The number of thiophene rings is 1. The molecule has 0 saturated carbocycles. The molecule has 154 valence electrons. The van der Waals surface area contributed by atoms with Gasteiger partial charge in [0.05, 0.1) is 18.2 Å². The summed E-state index contributed by atoms with van der Waals surface area (Å²) in [4.78, 5) is 9.43. The van der Waals surface area contributed by atoms with Gasteiger partial charge in [-0.25, -0.2) is 0 Å². The Morgan fingerprint density at radius 3 is 2.78 bits per heavy atom. The highest BCUT2D eigenvalue weighted by Crippen LogP contribution is 2.24. The third kappa shape index (κ3) is 6.47. The fourth-order valence-electron chi connectivity index (χ4n) is 3.84. The molecule has 2 saturated heterocycles. The summed E-state index contributed by atoms with van der Waals surface area (Å²) in [5.41, 5.74) is 0. The molecule has 2 aliphatic heterocycles. The first-order chi connectivity index (χ1) is 12.7. The van der Waals surface area contributed by atoms with Gasteiger partial charge in [-0.05, 0) is 44.2 Å². The predicted molar refractivity (Wildman–Crippen MR) is 126 cm³/mol. The maximum absolute atomic E-state index is 5.54. The summed E-state index contributed by atoms with van der Waals surface area (Å²) in [6.45, 7) is 10.3. The molecule has 2 unspecified atom stereocenters. The molecule has 2 fully saturated rings. The first-order valence-corrected chi connectivity index (χ1v) is 10.6. The zero-order valence-corrected chi connectivity index (χ0v) is 19.8. The topological polar surface area (TPSA) is 52.1 Å². The molecule has 2 N–H and O–H groups in total. The standard InChI is InChI=1S/C19H33N5OS.HI/c1-15(24-10-11-25-14-16(24)2)13-21-19(20-3)22-17-6-8-23(9-7-17)18-5-4-12-26-18;/h4-5,12,15-17H,6-11,13-14H2,1-3H3,(H2,20,21,22);1H. The maximum Gasteiger partial charge on any atom is 0.191 e. The second-order valence-electron chi connectivity index (χ2n) is 7.32. The van der Waals surface area contributed by atoms with Gasteiger partial charge in [-0.1, -0.05) is 0 Å². The second-order valence-corrected chi connectivity index (χ2v) is 8.25. The summed E-state index contributed by atoms with van der Waals surface area (Å²) in [6.07, 6.45) is 2.29. The van der Waals surface area contributed by atoms with Gasteiger partial charge >= 0.3 is 0 Å². The van der Waals surface area contributed by atoms with Crippen molar-refractivity contribution in [3.8, 4) is 0 Å². The molecule has 1 aromatic rings. The Morgan fingerprint density at radius 1 is 1.37 bits per heavy atom. The lowest BCUT2D eigenvalue weighted by Gasteiger charge is -2.38. The minimum Gasteiger partial charge on any atom is -0.379 e. The van der Waals surface area contributed by atoms with Crippen LogP contribution in [0.4, 0.5) is 5.00 Å². The Labute approximate surface area is 184 Å². The van der Waals surface area contributed by atoms with Crippen LogP contribution in [0.3, 0.4) is 0 Å². The first kappa shape index (κ1) is 22.7. The Bertz CT molecular complexity index is 562. The molecule has 0 aromatic carbocycles. The van der Waals surface area contributed by atoms with Crippen LogP contribution in [-0.4, -0.2) is 75.4 Å². The Morgan fingerprint density at radius 2 is 2.15 bits per heavy atom. The minimum atomic E-state index is 0. The van der Waals surface area contributed by atoms with E-state index in [0.717, 1.165) is 58.2 Å². The van der Waals surface area contributed by atoms with E-state index in [-0.39, 0.29) is 24.0 Å². The number of rotatable bonds is 5. The Balaban J connectivity index is 0.00000261. The van der Waals surface area contributed by atoms with Crippen molar-refractivity contribution in [3.05, 3.63) is 17.5 Å². The average Bonchev–Trinajstić information content (AvgIpc) is 3.20. The van der Waals surface area contributed by atoms with E-state index >= 15 is 0 Å². The number of hydrogen-bond donors (Lipinski definition) is 2. The van der Waals surface area contributed by atoms with Crippen molar-refractivity contribution in [2.75, 3.05) is 51.3 Å². The largest absolute Gasteiger partial charge is 0.379 e. The molecule has 1 aromatic heterocycles. The van der Waals surface area contributed by atoms with Crippen LogP contribution in [0.1, 0.15) is 26.7 Å². The number of nitrogens with one attached hydrogen (secondary N) is 2. The van der Waals surface area contributed by atoms with E-state index in [1.54, 1.807) is 0 Å². The zero-order valence-electron chi connectivity index (χ0n) is 16.7. The predicted octanol–water partition coefficient (Wildman–Crippen LogP) is 2.61. The molecule has 0 aliphatic carbocycles. The van der Waals surface area contributed by atoms with Crippen molar-refractivity contribution >= 4 is 46.3 Å². The van der Waals surface area contributed by atoms with E-state index in [1.807, 2.05) is 18.4 Å². The van der Waals surface area contributed by atoms with Crippen LogP contribution in [0.2, 0.25) is 0 Å². The van der Waals surface area contributed by atoms with Gasteiger partial charge in [0.2, 0.25) is 0 Å². The molecule has 0 bridgehead atoms. The Hall–Kier alpha value is -0.580. The van der Waals surface area contributed by atoms with Crippen LogP contribution in [0, 0.1) is 0 Å². The van der Waals surface area contributed by atoms with Crippen molar-refractivity contribution in [3.63, 3.8) is 0 Å². The second kappa shape index (κ2) is 11.4. The molecule has 0 spiro atoms. The van der Waals surface area contributed by atoms with E-state index in [0.29, 0.717) is 18.1 Å². The third-order valence-electron chi connectivity index (χ3n) is 5.43. The molecule has 27 heavy (non-hydrogen) atoms. The molecule has 8 heteroatoms. The van der Waals surface area contributed by atoms with Gasteiger partial charge in [-0.3, -0.25) is 9.89 Å². The number of ether oxygens (including phenoxy) is 1. The van der Waals surface area contributed by atoms with E-state index < -0.39 is 0 Å². The molecule has 0 radical (unpaired) electrons. The quantitative estimate of drug-likeness (QED) is 0.365. The zero-order chi connectivity index (χ0) is 18.4. The van der Waals surface area contributed by atoms with Crippen molar-refractivity contribution in [2.45, 2.75) is 44.8 Å². The van der Waals surface area contributed by atoms with E-state index in [2.05, 4.69) is 56.8 Å². The fourth-order valence-corrected chi connectivity index (χ4v) is 4.62. The van der Waals surface area contributed by atoms with E-state index in [4.69, 9.17) is 4.74 Å². The summed E-state index contributed by atoms with van der Waals surface area (Å²) in [5, 5.41) is 10.7. The van der Waals surface area contributed by atoms with E-state index in [9.17, 15) is 0 Å². The maximum atomic E-state index is 5.54. The van der Waals surface area contributed by atoms with Gasteiger partial charge in [0.1, 0.15) is 0 Å². The van der Waals surface area contributed by atoms with Crippen LogP contribution in [0.15, 0.2) is 22.5 Å². The molecular formula is C19H34IN5OS. The highest BCUT2D eigenvalue weighted by atomic mass is 127. The lowest BCUT2D eigenvalue weighted by Crippen LogP contribution is -2.54. The minimum absolute atomic E-state index is 0. The number of aliphatic imine (C=N–C) groups is 1. The van der Waals surface area contributed by atoms with Gasteiger partial charge in [0.25, 0.3) is 0 Å². The first-order valence-electron chi connectivity index (χ1n) is 9.76. The SMILES string of the molecule is CN=C(NCC(C)N1CCOCC1C)NC1CCN(c2cccs2)CC1.I. The van der Waals surface area contributed by atoms with Crippen molar-refractivity contribution in [1.29, 1.82) is 0 Å². The molecule has 2 atom stereocenters. The van der Waals surface area contributed by atoms with Gasteiger partial charge in [0.15, 0.2) is 5.96 Å². The normalized spacial score (nSPS) is 23.6.